The summed E-state index contributed by atoms with van der Waals surface area (Å²) in [7, 11) is 0. The van der Waals surface area contributed by atoms with Crippen LogP contribution in [-0.2, 0) is 0 Å². The monoisotopic (exact) mass is 369 g/mol. The molecule has 0 unspecified atom stereocenters. The van der Waals surface area contributed by atoms with Crippen molar-refractivity contribution in [3.8, 4) is 16.8 Å². The van der Waals surface area contributed by atoms with Crippen LogP contribution in [0.2, 0.25) is 0 Å². The second-order valence-electron chi connectivity index (χ2n) is 7.45. The zero-order valence-electron chi connectivity index (χ0n) is 15.9. The molecule has 1 nitrogen and oxygen atoms in total. The Hall–Kier alpha value is -3.84. The number of hydrogen-bond acceptors (Lipinski definition) is 0. The molecule has 0 aliphatic heterocycles. The van der Waals surface area contributed by atoms with E-state index in [2.05, 4.69) is 120 Å². The summed E-state index contributed by atoms with van der Waals surface area (Å²) >= 11 is 0. The number of para-hydroxylation sites is 1. The lowest BCUT2D eigenvalue weighted by atomic mass is 10.0. The number of aromatic nitrogens is 1. The topological polar surface area (TPSA) is 4.93 Å². The summed E-state index contributed by atoms with van der Waals surface area (Å²) in [6.07, 6.45) is 0. The smallest absolute Gasteiger partial charge is 0.0547 e. The molecule has 0 bridgehead atoms. The van der Waals surface area contributed by atoms with Crippen molar-refractivity contribution < 1.29 is 0 Å². The van der Waals surface area contributed by atoms with E-state index in [4.69, 9.17) is 0 Å². The van der Waals surface area contributed by atoms with Gasteiger partial charge >= 0.3 is 0 Å². The Bertz CT molecular complexity index is 1490. The van der Waals surface area contributed by atoms with Crippen LogP contribution in [-0.4, -0.2) is 4.57 Å². The van der Waals surface area contributed by atoms with Crippen LogP contribution in [0.3, 0.4) is 0 Å². The maximum atomic E-state index is 2.39. The molecule has 1 aromatic heterocycles. The maximum Gasteiger partial charge on any atom is 0.0547 e. The molecule has 0 N–H and O–H groups in total. The molecule has 0 aliphatic rings. The van der Waals surface area contributed by atoms with E-state index < -0.39 is 0 Å². The summed E-state index contributed by atoms with van der Waals surface area (Å²) < 4.78 is 2.39. The summed E-state index contributed by atoms with van der Waals surface area (Å²) in [4.78, 5) is 0. The summed E-state index contributed by atoms with van der Waals surface area (Å²) in [6.45, 7) is 0. The molecule has 29 heavy (non-hydrogen) atoms. The fraction of sp³-hybridized carbons (Fsp3) is 0. The third kappa shape index (κ3) is 2.48. The van der Waals surface area contributed by atoms with Crippen molar-refractivity contribution in [2.24, 2.45) is 0 Å². The predicted octanol–water partition coefficient (Wildman–Crippen LogP) is 7.60. The first-order valence-electron chi connectivity index (χ1n) is 9.97. The number of nitrogens with zero attached hydrogens (tertiary/aromatic N) is 1. The predicted molar refractivity (Wildman–Crippen MR) is 124 cm³/mol. The van der Waals surface area contributed by atoms with E-state index in [1.165, 1.54) is 49.4 Å². The molecular formula is C28H19N. The summed E-state index contributed by atoms with van der Waals surface area (Å²) in [5.74, 6) is 0. The number of benzene rings is 5. The molecular weight excluding hydrogens is 350 g/mol. The first-order valence-corrected chi connectivity index (χ1v) is 9.97. The van der Waals surface area contributed by atoms with Crippen molar-refractivity contribution >= 4 is 32.6 Å². The number of fused-ring (bicyclic) bond motifs is 5. The van der Waals surface area contributed by atoms with Gasteiger partial charge in [-0.25, -0.2) is 0 Å². The standard InChI is InChI=1S/C28H19N/c1-2-9-20(10-3-1)22-12-8-13-23(19-22)29-26-16-7-6-15-25(26)28-24-14-5-4-11-21(24)17-18-27(28)29/h1-19H. The molecule has 0 spiro atoms. The molecule has 0 saturated heterocycles. The van der Waals surface area contributed by atoms with Gasteiger partial charge in [-0.15, -0.1) is 0 Å². The molecule has 0 aliphatic carbocycles. The lowest BCUT2D eigenvalue weighted by Crippen LogP contribution is -1.94. The van der Waals surface area contributed by atoms with Gasteiger partial charge in [-0.3, -0.25) is 0 Å². The number of hydrogen-bond donors (Lipinski definition) is 0. The van der Waals surface area contributed by atoms with Crippen LogP contribution in [0.4, 0.5) is 0 Å². The van der Waals surface area contributed by atoms with Crippen LogP contribution in [0, 0.1) is 0 Å². The molecule has 5 aromatic carbocycles. The highest BCUT2D eigenvalue weighted by atomic mass is 15.0. The first kappa shape index (κ1) is 16.1. The van der Waals surface area contributed by atoms with Gasteiger partial charge in [0.25, 0.3) is 0 Å². The van der Waals surface area contributed by atoms with Gasteiger partial charge in [0.2, 0.25) is 0 Å². The second-order valence-corrected chi connectivity index (χ2v) is 7.45. The van der Waals surface area contributed by atoms with E-state index in [0.29, 0.717) is 0 Å². The lowest BCUT2D eigenvalue weighted by molar-refractivity contribution is 1.18. The van der Waals surface area contributed by atoms with Crippen molar-refractivity contribution in [2.45, 2.75) is 0 Å². The van der Waals surface area contributed by atoms with Gasteiger partial charge < -0.3 is 4.57 Å². The van der Waals surface area contributed by atoms with Gasteiger partial charge in [-0.1, -0.05) is 91.0 Å². The minimum absolute atomic E-state index is 1.19. The van der Waals surface area contributed by atoms with E-state index >= 15 is 0 Å². The van der Waals surface area contributed by atoms with Gasteiger partial charge in [0.05, 0.1) is 11.0 Å². The molecule has 0 amide bonds. The molecule has 0 atom stereocenters. The zero-order chi connectivity index (χ0) is 19.2. The first-order chi connectivity index (χ1) is 14.4. The Morgan fingerprint density at radius 1 is 0.448 bits per heavy atom. The molecule has 136 valence electrons. The molecule has 6 rings (SSSR count). The lowest BCUT2D eigenvalue weighted by Gasteiger charge is -2.10. The van der Waals surface area contributed by atoms with E-state index in [-0.39, 0.29) is 0 Å². The Labute approximate surface area is 169 Å². The van der Waals surface area contributed by atoms with Gasteiger partial charge in [0.1, 0.15) is 0 Å². The largest absolute Gasteiger partial charge is 0.309 e. The second kappa shape index (κ2) is 6.35. The Morgan fingerprint density at radius 3 is 2.07 bits per heavy atom. The molecule has 0 fully saturated rings. The highest BCUT2D eigenvalue weighted by molar-refractivity contribution is 6.21. The fourth-order valence-corrected chi connectivity index (χ4v) is 4.47. The molecule has 0 radical (unpaired) electrons. The summed E-state index contributed by atoms with van der Waals surface area (Å²) in [5, 5.41) is 5.20. The van der Waals surface area contributed by atoms with Crippen LogP contribution in [0.5, 0.6) is 0 Å². The SMILES string of the molecule is c1ccc(-c2cccc(-n3c4ccccc4c4c5ccccc5ccc43)c2)cc1. The van der Waals surface area contributed by atoms with Crippen molar-refractivity contribution in [1.29, 1.82) is 0 Å². The Balaban J connectivity index is 1.71. The fourth-order valence-electron chi connectivity index (χ4n) is 4.47. The van der Waals surface area contributed by atoms with E-state index in [1.54, 1.807) is 0 Å². The van der Waals surface area contributed by atoms with E-state index in [1.807, 2.05) is 0 Å². The van der Waals surface area contributed by atoms with Crippen LogP contribution in [0.25, 0.3) is 49.4 Å². The number of rotatable bonds is 2. The van der Waals surface area contributed by atoms with Crippen LogP contribution < -0.4 is 0 Å². The van der Waals surface area contributed by atoms with Crippen LogP contribution >= 0.6 is 0 Å². The van der Waals surface area contributed by atoms with Crippen molar-refractivity contribution in [3.63, 3.8) is 0 Å². The quantitative estimate of drug-likeness (QED) is 0.296. The van der Waals surface area contributed by atoms with Gasteiger partial charge in [0, 0.05) is 16.5 Å². The van der Waals surface area contributed by atoms with Crippen molar-refractivity contribution in [2.75, 3.05) is 0 Å². The molecule has 1 heterocycles. The van der Waals surface area contributed by atoms with Gasteiger partial charge in [0.15, 0.2) is 0 Å². The Morgan fingerprint density at radius 2 is 1.17 bits per heavy atom. The molecule has 0 saturated carbocycles. The van der Waals surface area contributed by atoms with Gasteiger partial charge in [-0.05, 0) is 46.2 Å². The average molecular weight is 369 g/mol. The highest BCUT2D eigenvalue weighted by Crippen LogP contribution is 2.37. The van der Waals surface area contributed by atoms with Crippen LogP contribution in [0.1, 0.15) is 0 Å². The minimum Gasteiger partial charge on any atom is -0.309 e. The van der Waals surface area contributed by atoms with Crippen molar-refractivity contribution in [3.05, 3.63) is 115 Å². The summed E-state index contributed by atoms with van der Waals surface area (Å²) in [5.41, 5.74) is 6.14. The van der Waals surface area contributed by atoms with Crippen molar-refractivity contribution in [1.82, 2.24) is 4.57 Å². The molecule has 1 heteroatoms. The van der Waals surface area contributed by atoms with E-state index in [0.717, 1.165) is 0 Å². The van der Waals surface area contributed by atoms with E-state index in [9.17, 15) is 0 Å². The summed E-state index contributed by atoms with van der Waals surface area (Å²) in [6, 6.07) is 41.3. The third-order valence-electron chi connectivity index (χ3n) is 5.77. The highest BCUT2D eigenvalue weighted by Gasteiger charge is 2.14. The average Bonchev–Trinajstić information content (AvgIpc) is 3.15. The Kier molecular flexibility index (Phi) is 3.54. The normalized spacial score (nSPS) is 11.4. The minimum atomic E-state index is 1.19. The maximum absolute atomic E-state index is 2.39. The van der Waals surface area contributed by atoms with Gasteiger partial charge in [-0.2, -0.15) is 0 Å². The molecule has 6 aromatic rings. The zero-order valence-corrected chi connectivity index (χ0v) is 15.9. The van der Waals surface area contributed by atoms with Crippen LogP contribution in [0.15, 0.2) is 115 Å². The third-order valence-corrected chi connectivity index (χ3v) is 5.77.